The number of amides is 2. The molecular formula is C21H30N2O4. The number of carboxylic acids is 1. The maximum atomic E-state index is 12.4. The largest absolute Gasteiger partial charge is 0.481 e. The smallest absolute Gasteiger partial charge is 0.311 e. The molecule has 1 unspecified atom stereocenters. The highest BCUT2D eigenvalue weighted by atomic mass is 16.4. The summed E-state index contributed by atoms with van der Waals surface area (Å²) < 4.78 is 0. The first-order chi connectivity index (χ1) is 12.5. The van der Waals surface area contributed by atoms with Crippen LogP contribution in [0.25, 0.3) is 0 Å². The Balaban J connectivity index is 1.94. The fourth-order valence-electron chi connectivity index (χ4n) is 3.43. The SMILES string of the molecule is CC(C)C1(C(=O)O)CCN(C(=O)CNC(=O)c2ccc(C(C)(C)C)cc2)C1. The van der Waals surface area contributed by atoms with Gasteiger partial charge in [0.25, 0.3) is 5.91 Å². The Hall–Kier alpha value is -2.37. The number of carbonyl (C=O) groups excluding carboxylic acids is 2. The van der Waals surface area contributed by atoms with Gasteiger partial charge in [-0.15, -0.1) is 0 Å². The summed E-state index contributed by atoms with van der Waals surface area (Å²) in [7, 11) is 0. The molecule has 1 heterocycles. The monoisotopic (exact) mass is 374 g/mol. The first kappa shape index (κ1) is 20.9. The highest BCUT2D eigenvalue weighted by Crippen LogP contribution is 2.38. The first-order valence-corrected chi connectivity index (χ1v) is 9.37. The molecule has 1 aliphatic heterocycles. The van der Waals surface area contributed by atoms with Crippen LogP contribution in [0.3, 0.4) is 0 Å². The van der Waals surface area contributed by atoms with E-state index in [0.717, 1.165) is 5.56 Å². The van der Waals surface area contributed by atoms with Gasteiger partial charge in [0.15, 0.2) is 0 Å². The highest BCUT2D eigenvalue weighted by molar-refractivity contribution is 5.96. The van der Waals surface area contributed by atoms with Crippen molar-refractivity contribution in [2.24, 2.45) is 11.3 Å². The first-order valence-electron chi connectivity index (χ1n) is 9.37. The summed E-state index contributed by atoms with van der Waals surface area (Å²) in [6.07, 6.45) is 0.438. The second kappa shape index (κ2) is 7.71. The van der Waals surface area contributed by atoms with E-state index < -0.39 is 11.4 Å². The third-order valence-electron chi connectivity index (χ3n) is 5.60. The third-order valence-corrected chi connectivity index (χ3v) is 5.60. The number of likely N-dealkylation sites (tertiary alicyclic amines) is 1. The lowest BCUT2D eigenvalue weighted by Crippen LogP contribution is -2.43. The molecule has 6 nitrogen and oxygen atoms in total. The molecule has 0 bridgehead atoms. The van der Waals surface area contributed by atoms with E-state index in [0.29, 0.717) is 18.5 Å². The summed E-state index contributed by atoms with van der Waals surface area (Å²) in [6, 6.07) is 7.34. The molecule has 0 aromatic heterocycles. The van der Waals surface area contributed by atoms with E-state index in [2.05, 4.69) is 26.1 Å². The van der Waals surface area contributed by atoms with Crippen molar-refractivity contribution in [2.75, 3.05) is 19.6 Å². The Morgan fingerprint density at radius 2 is 1.78 bits per heavy atom. The van der Waals surface area contributed by atoms with Crippen LogP contribution < -0.4 is 5.32 Å². The van der Waals surface area contributed by atoms with Gasteiger partial charge in [0.2, 0.25) is 5.91 Å². The fraction of sp³-hybridized carbons (Fsp3) is 0.571. The summed E-state index contributed by atoms with van der Waals surface area (Å²) in [6.45, 7) is 10.5. The van der Waals surface area contributed by atoms with Gasteiger partial charge in [-0.1, -0.05) is 46.8 Å². The van der Waals surface area contributed by atoms with Crippen molar-refractivity contribution in [3.63, 3.8) is 0 Å². The van der Waals surface area contributed by atoms with Crippen LogP contribution in [-0.4, -0.2) is 47.4 Å². The number of benzene rings is 1. The minimum Gasteiger partial charge on any atom is -0.481 e. The number of nitrogens with zero attached hydrogens (tertiary/aromatic N) is 1. The standard InChI is InChI=1S/C21H30N2O4/c1-14(2)21(19(26)27)10-11-23(13-21)17(24)12-22-18(25)15-6-8-16(9-7-15)20(3,4)5/h6-9,14H,10-13H2,1-5H3,(H,22,25)(H,26,27). The van der Waals surface area contributed by atoms with Gasteiger partial charge in [-0.3, -0.25) is 14.4 Å². The van der Waals surface area contributed by atoms with Gasteiger partial charge in [0, 0.05) is 18.7 Å². The van der Waals surface area contributed by atoms with Crippen LogP contribution in [0.1, 0.15) is 57.0 Å². The Bertz CT molecular complexity index is 719. The maximum absolute atomic E-state index is 12.4. The minimum absolute atomic E-state index is 0.00772. The van der Waals surface area contributed by atoms with Crippen molar-refractivity contribution in [1.29, 1.82) is 0 Å². The normalized spacial score (nSPS) is 20.0. The molecule has 27 heavy (non-hydrogen) atoms. The van der Waals surface area contributed by atoms with Gasteiger partial charge in [-0.25, -0.2) is 0 Å². The Morgan fingerprint density at radius 1 is 1.19 bits per heavy atom. The van der Waals surface area contributed by atoms with E-state index in [1.165, 1.54) is 4.90 Å². The van der Waals surface area contributed by atoms with Crippen LogP contribution in [0.2, 0.25) is 0 Å². The fourth-order valence-corrected chi connectivity index (χ4v) is 3.43. The molecule has 1 fully saturated rings. The molecule has 148 valence electrons. The highest BCUT2D eigenvalue weighted by Gasteiger charge is 2.48. The van der Waals surface area contributed by atoms with E-state index in [-0.39, 0.29) is 36.2 Å². The number of carboxylic acid groups (broad SMARTS) is 1. The Morgan fingerprint density at radius 3 is 2.22 bits per heavy atom. The van der Waals surface area contributed by atoms with Crippen molar-refractivity contribution >= 4 is 17.8 Å². The predicted octanol–water partition coefficient (Wildman–Crippen LogP) is 2.67. The van der Waals surface area contributed by atoms with Gasteiger partial charge in [-0.2, -0.15) is 0 Å². The molecule has 0 radical (unpaired) electrons. The topological polar surface area (TPSA) is 86.7 Å². The van der Waals surface area contributed by atoms with E-state index >= 15 is 0 Å². The molecule has 1 aromatic carbocycles. The number of hydrogen-bond donors (Lipinski definition) is 2. The number of aliphatic carboxylic acids is 1. The lowest BCUT2D eigenvalue weighted by Gasteiger charge is -2.28. The average molecular weight is 374 g/mol. The molecule has 0 spiro atoms. The zero-order valence-corrected chi connectivity index (χ0v) is 16.8. The molecular weight excluding hydrogens is 344 g/mol. The van der Waals surface area contributed by atoms with Crippen molar-refractivity contribution in [3.8, 4) is 0 Å². The van der Waals surface area contributed by atoms with Gasteiger partial charge in [0.05, 0.1) is 12.0 Å². The second-order valence-electron chi connectivity index (χ2n) is 8.69. The van der Waals surface area contributed by atoms with Crippen LogP contribution >= 0.6 is 0 Å². The van der Waals surface area contributed by atoms with Crippen LogP contribution in [0, 0.1) is 11.3 Å². The number of nitrogens with one attached hydrogen (secondary N) is 1. The van der Waals surface area contributed by atoms with Crippen LogP contribution in [0.4, 0.5) is 0 Å². The van der Waals surface area contributed by atoms with Gasteiger partial charge in [0.1, 0.15) is 0 Å². The molecule has 1 aromatic rings. The molecule has 2 N–H and O–H groups in total. The lowest BCUT2D eigenvalue weighted by atomic mass is 9.76. The molecule has 0 saturated carbocycles. The average Bonchev–Trinajstić information content (AvgIpc) is 3.06. The summed E-state index contributed by atoms with van der Waals surface area (Å²) in [5.74, 6) is -1.49. The molecule has 0 aliphatic carbocycles. The zero-order valence-electron chi connectivity index (χ0n) is 16.8. The van der Waals surface area contributed by atoms with E-state index in [4.69, 9.17) is 0 Å². The molecule has 1 saturated heterocycles. The number of rotatable bonds is 5. The van der Waals surface area contributed by atoms with Gasteiger partial charge < -0.3 is 15.3 Å². The number of hydrogen-bond acceptors (Lipinski definition) is 3. The summed E-state index contributed by atoms with van der Waals surface area (Å²) in [4.78, 5) is 37.9. The van der Waals surface area contributed by atoms with Crippen molar-refractivity contribution in [1.82, 2.24) is 10.2 Å². The van der Waals surface area contributed by atoms with Crippen molar-refractivity contribution in [2.45, 2.75) is 46.5 Å². The van der Waals surface area contributed by atoms with E-state index in [1.54, 1.807) is 12.1 Å². The van der Waals surface area contributed by atoms with Crippen molar-refractivity contribution < 1.29 is 19.5 Å². The third kappa shape index (κ3) is 4.49. The number of carbonyl (C=O) groups is 3. The quantitative estimate of drug-likeness (QED) is 0.830. The molecule has 1 aliphatic rings. The molecule has 2 amide bonds. The van der Waals surface area contributed by atoms with Crippen LogP contribution in [0.15, 0.2) is 24.3 Å². The molecule has 6 heteroatoms. The molecule has 1 atom stereocenters. The lowest BCUT2D eigenvalue weighted by molar-refractivity contribution is -0.151. The minimum atomic E-state index is -0.900. The summed E-state index contributed by atoms with van der Waals surface area (Å²) >= 11 is 0. The summed E-state index contributed by atoms with van der Waals surface area (Å²) in [5, 5.41) is 12.2. The predicted molar refractivity (Wildman–Crippen MR) is 104 cm³/mol. The van der Waals surface area contributed by atoms with E-state index in [1.807, 2.05) is 26.0 Å². The maximum Gasteiger partial charge on any atom is 0.311 e. The summed E-state index contributed by atoms with van der Waals surface area (Å²) in [5.41, 5.74) is 0.737. The van der Waals surface area contributed by atoms with Gasteiger partial charge >= 0.3 is 5.97 Å². The Kier molecular flexibility index (Phi) is 5.97. The Labute approximate surface area is 160 Å². The van der Waals surface area contributed by atoms with Crippen molar-refractivity contribution in [3.05, 3.63) is 35.4 Å². The van der Waals surface area contributed by atoms with Gasteiger partial charge in [-0.05, 0) is 35.4 Å². The van der Waals surface area contributed by atoms with E-state index in [9.17, 15) is 19.5 Å². The molecule has 2 rings (SSSR count). The van der Waals surface area contributed by atoms with Crippen LogP contribution in [-0.2, 0) is 15.0 Å². The zero-order chi connectivity index (χ0) is 20.4. The van der Waals surface area contributed by atoms with Crippen LogP contribution in [0.5, 0.6) is 0 Å². The second-order valence-corrected chi connectivity index (χ2v) is 8.69.